The van der Waals surface area contributed by atoms with Crippen LogP contribution in [-0.2, 0) is 22.5 Å². The third kappa shape index (κ3) is 3.14. The van der Waals surface area contributed by atoms with Gasteiger partial charge in [0.1, 0.15) is 6.07 Å². The first-order valence-corrected chi connectivity index (χ1v) is 6.34. The largest absolute Gasteiger partial charge is 0.462 e. The van der Waals surface area contributed by atoms with Crippen molar-refractivity contribution in [1.82, 2.24) is 4.90 Å². The molecule has 1 aliphatic heterocycles. The third-order valence-electron chi connectivity index (χ3n) is 3.09. The number of fused-ring (bicyclic) bond motifs is 1. The van der Waals surface area contributed by atoms with Crippen molar-refractivity contribution in [3.05, 3.63) is 47.2 Å². The molecule has 4 heteroatoms. The standard InChI is InChI=1S/C15H16N2O2/c1-2-19-15(18)14(9-16)11-17-8-7-12-5-3-4-6-13(12)10-17/h3-6,11H,2,7-8,10H2,1H3/b14-11+. The molecule has 0 saturated heterocycles. The van der Waals surface area contributed by atoms with Gasteiger partial charge in [-0.1, -0.05) is 24.3 Å². The van der Waals surface area contributed by atoms with Crippen LogP contribution in [0.5, 0.6) is 0 Å². The van der Waals surface area contributed by atoms with Gasteiger partial charge in [0.2, 0.25) is 0 Å². The van der Waals surface area contributed by atoms with E-state index in [-0.39, 0.29) is 12.2 Å². The number of carbonyl (C=O) groups is 1. The van der Waals surface area contributed by atoms with Crippen LogP contribution < -0.4 is 0 Å². The molecule has 0 unspecified atom stereocenters. The predicted molar refractivity (Wildman–Crippen MR) is 70.9 cm³/mol. The van der Waals surface area contributed by atoms with Gasteiger partial charge in [0, 0.05) is 19.3 Å². The Morgan fingerprint density at radius 3 is 2.89 bits per heavy atom. The first-order valence-electron chi connectivity index (χ1n) is 6.34. The predicted octanol–water partition coefficient (Wildman–Crippen LogP) is 2.02. The van der Waals surface area contributed by atoms with Crippen molar-refractivity contribution in [1.29, 1.82) is 5.26 Å². The molecule has 0 N–H and O–H groups in total. The van der Waals surface area contributed by atoms with Gasteiger partial charge in [-0.25, -0.2) is 4.79 Å². The average Bonchev–Trinajstić information content (AvgIpc) is 2.44. The normalized spacial score (nSPS) is 14.5. The topological polar surface area (TPSA) is 53.3 Å². The summed E-state index contributed by atoms with van der Waals surface area (Å²) in [5.41, 5.74) is 2.63. The van der Waals surface area contributed by atoms with Crippen LogP contribution >= 0.6 is 0 Å². The molecule has 98 valence electrons. The lowest BCUT2D eigenvalue weighted by Gasteiger charge is -2.27. The minimum Gasteiger partial charge on any atom is -0.462 e. The van der Waals surface area contributed by atoms with E-state index in [0.717, 1.165) is 19.5 Å². The minimum atomic E-state index is -0.552. The highest BCUT2D eigenvalue weighted by molar-refractivity contribution is 5.92. The van der Waals surface area contributed by atoms with E-state index in [9.17, 15) is 4.79 Å². The van der Waals surface area contributed by atoms with Gasteiger partial charge >= 0.3 is 5.97 Å². The van der Waals surface area contributed by atoms with Crippen LogP contribution in [0.4, 0.5) is 0 Å². The number of benzene rings is 1. The summed E-state index contributed by atoms with van der Waals surface area (Å²) >= 11 is 0. The van der Waals surface area contributed by atoms with Crippen LogP contribution in [0.3, 0.4) is 0 Å². The quantitative estimate of drug-likeness (QED) is 0.471. The van der Waals surface area contributed by atoms with Crippen molar-refractivity contribution in [2.24, 2.45) is 0 Å². The van der Waals surface area contributed by atoms with Crippen molar-refractivity contribution in [2.75, 3.05) is 13.2 Å². The zero-order chi connectivity index (χ0) is 13.7. The SMILES string of the molecule is CCOC(=O)/C(C#N)=C/N1CCc2ccccc2C1. The number of nitriles is 1. The van der Waals surface area contributed by atoms with Gasteiger partial charge in [-0.05, 0) is 24.5 Å². The fourth-order valence-electron chi connectivity index (χ4n) is 2.15. The summed E-state index contributed by atoms with van der Waals surface area (Å²) in [6.07, 6.45) is 2.53. The first kappa shape index (κ1) is 13.2. The lowest BCUT2D eigenvalue weighted by molar-refractivity contribution is -0.138. The number of nitrogens with zero attached hydrogens (tertiary/aromatic N) is 2. The monoisotopic (exact) mass is 256 g/mol. The van der Waals surface area contributed by atoms with Crippen LogP contribution in [0, 0.1) is 11.3 Å². The van der Waals surface area contributed by atoms with E-state index < -0.39 is 5.97 Å². The smallest absolute Gasteiger partial charge is 0.350 e. The van der Waals surface area contributed by atoms with Crippen molar-refractivity contribution >= 4 is 5.97 Å². The molecule has 0 aromatic heterocycles. The highest BCUT2D eigenvalue weighted by Gasteiger charge is 2.16. The molecule has 0 saturated carbocycles. The highest BCUT2D eigenvalue weighted by Crippen LogP contribution is 2.19. The molecule has 1 aliphatic rings. The van der Waals surface area contributed by atoms with Crippen molar-refractivity contribution in [2.45, 2.75) is 19.9 Å². The van der Waals surface area contributed by atoms with Crippen molar-refractivity contribution in [3.8, 4) is 6.07 Å². The third-order valence-corrected chi connectivity index (χ3v) is 3.09. The second-order valence-corrected chi connectivity index (χ2v) is 4.36. The number of esters is 1. The Balaban J connectivity index is 2.12. The van der Waals surface area contributed by atoms with Gasteiger partial charge in [0.05, 0.1) is 6.61 Å². The summed E-state index contributed by atoms with van der Waals surface area (Å²) < 4.78 is 4.85. The van der Waals surface area contributed by atoms with E-state index >= 15 is 0 Å². The van der Waals surface area contributed by atoms with Crippen molar-refractivity contribution < 1.29 is 9.53 Å². The molecule has 0 radical (unpaired) electrons. The van der Waals surface area contributed by atoms with Gasteiger partial charge in [-0.15, -0.1) is 0 Å². The summed E-state index contributed by atoms with van der Waals surface area (Å²) in [7, 11) is 0. The van der Waals surface area contributed by atoms with Gasteiger partial charge in [-0.2, -0.15) is 5.26 Å². The van der Waals surface area contributed by atoms with E-state index in [1.807, 2.05) is 23.1 Å². The van der Waals surface area contributed by atoms with E-state index in [0.29, 0.717) is 0 Å². The molecule has 0 atom stereocenters. The lowest BCUT2D eigenvalue weighted by Crippen LogP contribution is -2.27. The van der Waals surface area contributed by atoms with Crippen LogP contribution in [0.2, 0.25) is 0 Å². The molecule has 1 aromatic carbocycles. The maximum atomic E-state index is 11.6. The molecule has 0 bridgehead atoms. The fraction of sp³-hybridized carbons (Fsp3) is 0.333. The molecule has 4 nitrogen and oxygen atoms in total. The highest BCUT2D eigenvalue weighted by atomic mass is 16.5. The molecule has 19 heavy (non-hydrogen) atoms. The maximum absolute atomic E-state index is 11.6. The zero-order valence-electron chi connectivity index (χ0n) is 10.9. The first-order chi connectivity index (χ1) is 9.24. The number of ether oxygens (including phenoxy) is 1. The molecule has 1 aromatic rings. The van der Waals surface area contributed by atoms with Crippen LogP contribution in [-0.4, -0.2) is 24.0 Å². The Bertz CT molecular complexity index is 543. The van der Waals surface area contributed by atoms with Gasteiger partial charge in [-0.3, -0.25) is 0 Å². The van der Waals surface area contributed by atoms with Gasteiger partial charge < -0.3 is 9.64 Å². The number of hydrogen-bond acceptors (Lipinski definition) is 4. The second kappa shape index (κ2) is 6.05. The van der Waals surface area contributed by atoms with E-state index in [4.69, 9.17) is 10.00 Å². The van der Waals surface area contributed by atoms with E-state index in [2.05, 4.69) is 12.1 Å². The number of rotatable bonds is 3. The lowest BCUT2D eigenvalue weighted by atomic mass is 10.0. The Kier molecular flexibility index (Phi) is 4.19. The summed E-state index contributed by atoms with van der Waals surface area (Å²) in [6.45, 7) is 3.53. The van der Waals surface area contributed by atoms with Gasteiger partial charge in [0.25, 0.3) is 0 Å². The number of carbonyl (C=O) groups excluding carboxylic acids is 1. The molecule has 0 amide bonds. The summed E-state index contributed by atoms with van der Waals surface area (Å²) in [4.78, 5) is 13.5. The van der Waals surface area contributed by atoms with Crippen LogP contribution in [0.25, 0.3) is 0 Å². The Morgan fingerprint density at radius 1 is 1.47 bits per heavy atom. The second-order valence-electron chi connectivity index (χ2n) is 4.36. The van der Waals surface area contributed by atoms with Crippen LogP contribution in [0.1, 0.15) is 18.1 Å². The summed E-state index contributed by atoms with van der Waals surface area (Å²) in [5.74, 6) is -0.552. The Hall–Kier alpha value is -2.28. The molecular formula is C15H16N2O2. The molecule has 1 heterocycles. The van der Waals surface area contributed by atoms with Crippen LogP contribution in [0.15, 0.2) is 36.0 Å². The van der Waals surface area contributed by atoms with E-state index in [1.165, 1.54) is 11.1 Å². The Morgan fingerprint density at radius 2 is 2.21 bits per heavy atom. The summed E-state index contributed by atoms with van der Waals surface area (Å²) in [6, 6.07) is 10.1. The maximum Gasteiger partial charge on any atom is 0.350 e. The number of hydrogen-bond donors (Lipinski definition) is 0. The fourth-order valence-corrected chi connectivity index (χ4v) is 2.15. The molecule has 0 fully saturated rings. The molecular weight excluding hydrogens is 240 g/mol. The molecule has 2 rings (SSSR count). The molecule has 0 aliphatic carbocycles. The Labute approximate surface area is 112 Å². The average molecular weight is 256 g/mol. The van der Waals surface area contributed by atoms with E-state index in [1.54, 1.807) is 13.1 Å². The summed E-state index contributed by atoms with van der Waals surface area (Å²) in [5, 5.41) is 9.00. The molecule has 0 spiro atoms. The minimum absolute atomic E-state index is 0.0567. The zero-order valence-corrected chi connectivity index (χ0v) is 10.9. The van der Waals surface area contributed by atoms with Crippen molar-refractivity contribution in [3.63, 3.8) is 0 Å². The van der Waals surface area contributed by atoms with Gasteiger partial charge in [0.15, 0.2) is 5.57 Å².